The Balaban J connectivity index is 1.60. The second kappa shape index (κ2) is 11.3. The molecule has 2 atom stereocenters. The number of benzene rings is 2. The number of fused-ring (bicyclic) bond motifs is 1. The highest BCUT2D eigenvalue weighted by molar-refractivity contribution is 5.81. The van der Waals surface area contributed by atoms with Gasteiger partial charge in [-0.15, -0.1) is 0 Å². The quantitative estimate of drug-likeness (QED) is 0.540. The highest BCUT2D eigenvalue weighted by atomic mass is 16.5. The van der Waals surface area contributed by atoms with E-state index in [1.807, 2.05) is 12.1 Å². The summed E-state index contributed by atoms with van der Waals surface area (Å²) < 4.78 is 6.09. The van der Waals surface area contributed by atoms with Gasteiger partial charge in [0.25, 0.3) is 5.91 Å². The molecule has 1 aliphatic heterocycles. The van der Waals surface area contributed by atoms with Gasteiger partial charge in [-0.2, -0.15) is 0 Å². The van der Waals surface area contributed by atoms with Gasteiger partial charge in [0.05, 0.1) is 6.04 Å². The number of nitrogens with one attached hydrogen (secondary N) is 1. The zero-order valence-corrected chi connectivity index (χ0v) is 21.7. The van der Waals surface area contributed by atoms with E-state index in [0.29, 0.717) is 18.2 Å². The number of aryl methyl sites for hydroxylation is 1. The summed E-state index contributed by atoms with van der Waals surface area (Å²) in [5.74, 6) is 1.53. The lowest BCUT2D eigenvalue weighted by atomic mass is 9.86. The Morgan fingerprint density at radius 1 is 1.09 bits per heavy atom. The van der Waals surface area contributed by atoms with E-state index in [4.69, 9.17) is 4.74 Å². The van der Waals surface area contributed by atoms with Crippen molar-refractivity contribution < 1.29 is 14.3 Å². The van der Waals surface area contributed by atoms with Gasteiger partial charge in [0.2, 0.25) is 5.91 Å². The predicted molar refractivity (Wildman–Crippen MR) is 139 cm³/mol. The topological polar surface area (TPSA) is 58.6 Å². The van der Waals surface area contributed by atoms with Gasteiger partial charge in [0, 0.05) is 19.0 Å². The fraction of sp³-hybridized carbons (Fsp3) is 0.533. The first-order valence-corrected chi connectivity index (χ1v) is 13.3. The molecule has 0 aromatic heterocycles. The monoisotopic (exact) mass is 476 g/mol. The molecule has 0 bridgehead atoms. The number of carbonyl (C=O) groups excluding carboxylic acids is 2. The minimum atomic E-state index is -0.586. The first kappa shape index (κ1) is 25.3. The van der Waals surface area contributed by atoms with Crippen LogP contribution < -0.4 is 10.1 Å². The summed E-state index contributed by atoms with van der Waals surface area (Å²) in [6.45, 7) is 9.56. The average molecular weight is 477 g/mol. The maximum absolute atomic E-state index is 13.6. The molecule has 2 amide bonds. The van der Waals surface area contributed by atoms with Crippen molar-refractivity contribution in [3.8, 4) is 5.75 Å². The van der Waals surface area contributed by atoms with Crippen LogP contribution in [0, 0.1) is 18.8 Å². The largest absolute Gasteiger partial charge is 0.481 e. The summed E-state index contributed by atoms with van der Waals surface area (Å²) in [7, 11) is 0. The van der Waals surface area contributed by atoms with E-state index in [2.05, 4.69) is 61.3 Å². The fourth-order valence-corrected chi connectivity index (χ4v) is 5.40. The van der Waals surface area contributed by atoms with E-state index in [-0.39, 0.29) is 23.8 Å². The highest BCUT2D eigenvalue weighted by Gasteiger charge is 2.36. The number of carbonyl (C=O) groups is 2. The van der Waals surface area contributed by atoms with E-state index >= 15 is 0 Å². The van der Waals surface area contributed by atoms with E-state index < -0.39 is 6.10 Å². The molecule has 188 valence electrons. The van der Waals surface area contributed by atoms with Gasteiger partial charge in [-0.3, -0.25) is 9.59 Å². The summed E-state index contributed by atoms with van der Waals surface area (Å²) in [5, 5.41) is 2.97. The molecule has 2 aliphatic rings. The minimum Gasteiger partial charge on any atom is -0.481 e. The Labute approximate surface area is 210 Å². The molecule has 5 nitrogen and oxygen atoms in total. The second-order valence-electron chi connectivity index (χ2n) is 10.7. The summed E-state index contributed by atoms with van der Waals surface area (Å²) in [6, 6.07) is 14.5. The zero-order valence-electron chi connectivity index (χ0n) is 21.7. The van der Waals surface area contributed by atoms with Crippen molar-refractivity contribution in [2.45, 2.75) is 78.4 Å². The first-order valence-electron chi connectivity index (χ1n) is 13.3. The number of ether oxygens (including phenoxy) is 1. The lowest BCUT2D eigenvalue weighted by Crippen LogP contribution is -2.43. The Hall–Kier alpha value is -2.82. The van der Waals surface area contributed by atoms with Crippen molar-refractivity contribution in [1.82, 2.24) is 10.2 Å². The van der Waals surface area contributed by atoms with Crippen LogP contribution in [0.4, 0.5) is 0 Å². The van der Waals surface area contributed by atoms with Crippen molar-refractivity contribution in [2.24, 2.45) is 11.8 Å². The molecule has 1 saturated carbocycles. The Morgan fingerprint density at radius 3 is 2.57 bits per heavy atom. The van der Waals surface area contributed by atoms with E-state index in [1.54, 1.807) is 6.92 Å². The zero-order chi connectivity index (χ0) is 24.9. The molecular formula is C30H40N2O3. The van der Waals surface area contributed by atoms with Crippen LogP contribution in [0.25, 0.3) is 0 Å². The molecule has 1 aliphatic carbocycles. The van der Waals surface area contributed by atoms with Crippen LogP contribution in [-0.2, 0) is 16.0 Å². The van der Waals surface area contributed by atoms with Gasteiger partial charge in [0.15, 0.2) is 6.10 Å². The number of hydrogen-bond donors (Lipinski definition) is 1. The maximum Gasteiger partial charge on any atom is 0.260 e. The van der Waals surface area contributed by atoms with Crippen molar-refractivity contribution in [3.63, 3.8) is 0 Å². The smallest absolute Gasteiger partial charge is 0.260 e. The summed E-state index contributed by atoms with van der Waals surface area (Å²) in [6.07, 6.45) is 5.47. The van der Waals surface area contributed by atoms with Crippen LogP contribution in [-0.4, -0.2) is 35.9 Å². The van der Waals surface area contributed by atoms with Crippen molar-refractivity contribution >= 4 is 11.8 Å². The summed E-state index contributed by atoms with van der Waals surface area (Å²) in [4.78, 5) is 28.3. The molecule has 4 rings (SSSR count). The predicted octanol–water partition coefficient (Wildman–Crippen LogP) is 5.59. The summed E-state index contributed by atoms with van der Waals surface area (Å²) >= 11 is 0. The highest BCUT2D eigenvalue weighted by Crippen LogP contribution is 2.40. The maximum atomic E-state index is 13.6. The molecule has 1 fully saturated rings. The third-order valence-corrected chi connectivity index (χ3v) is 7.39. The van der Waals surface area contributed by atoms with Gasteiger partial charge < -0.3 is 15.0 Å². The fourth-order valence-electron chi connectivity index (χ4n) is 5.40. The van der Waals surface area contributed by atoms with Crippen LogP contribution in [0.2, 0.25) is 0 Å². The van der Waals surface area contributed by atoms with Gasteiger partial charge >= 0.3 is 0 Å². The molecule has 5 heteroatoms. The molecule has 1 heterocycles. The Morgan fingerprint density at radius 2 is 1.86 bits per heavy atom. The lowest BCUT2D eigenvalue weighted by Gasteiger charge is -2.39. The SMILES string of the molecule is Cc1cccc([C@H]2c3cc(O[C@H](C)C(=O)NCCC(C)C)ccc3CCN2C(=O)C2CCCC2)c1. The Bertz CT molecular complexity index is 1040. The van der Waals surface area contributed by atoms with Crippen molar-refractivity contribution in [1.29, 1.82) is 0 Å². The molecule has 0 saturated heterocycles. The molecule has 0 unspecified atom stereocenters. The average Bonchev–Trinajstić information content (AvgIpc) is 3.37. The van der Waals surface area contributed by atoms with Gasteiger partial charge in [-0.1, -0.05) is 62.6 Å². The lowest BCUT2D eigenvalue weighted by molar-refractivity contribution is -0.137. The molecule has 2 aromatic carbocycles. The van der Waals surface area contributed by atoms with Crippen LogP contribution in [0.15, 0.2) is 42.5 Å². The molecular weight excluding hydrogens is 436 g/mol. The van der Waals surface area contributed by atoms with Gasteiger partial charge in [0.1, 0.15) is 5.75 Å². The Kier molecular flexibility index (Phi) is 8.15. The van der Waals surface area contributed by atoms with E-state index in [1.165, 1.54) is 11.1 Å². The van der Waals surface area contributed by atoms with E-state index in [9.17, 15) is 9.59 Å². The molecule has 2 aromatic rings. The molecule has 0 radical (unpaired) electrons. The van der Waals surface area contributed by atoms with Gasteiger partial charge in [-0.25, -0.2) is 0 Å². The van der Waals surface area contributed by atoms with Crippen LogP contribution in [0.3, 0.4) is 0 Å². The third-order valence-electron chi connectivity index (χ3n) is 7.39. The number of hydrogen-bond acceptors (Lipinski definition) is 3. The number of nitrogens with zero attached hydrogens (tertiary/aromatic N) is 1. The van der Waals surface area contributed by atoms with E-state index in [0.717, 1.165) is 56.2 Å². The molecule has 1 N–H and O–H groups in total. The van der Waals surface area contributed by atoms with Gasteiger partial charge in [-0.05, 0) is 74.3 Å². The normalized spacial score (nSPS) is 18.9. The standard InChI is InChI=1S/C30H40N2O3/c1-20(2)14-16-31-29(33)22(4)35-26-13-12-23-15-17-32(30(34)24-9-5-6-10-24)28(27(23)19-26)25-11-7-8-21(3)18-25/h7-8,11-13,18-20,22,24,28H,5-6,9-10,14-17H2,1-4H3,(H,31,33)/t22-,28+/m1/s1. The molecule has 0 spiro atoms. The second-order valence-corrected chi connectivity index (χ2v) is 10.7. The first-order chi connectivity index (χ1) is 16.8. The van der Waals surface area contributed by atoms with Crippen LogP contribution >= 0.6 is 0 Å². The molecule has 35 heavy (non-hydrogen) atoms. The van der Waals surface area contributed by atoms with Crippen LogP contribution in [0.5, 0.6) is 5.75 Å². The van der Waals surface area contributed by atoms with Crippen LogP contribution in [0.1, 0.15) is 81.2 Å². The van der Waals surface area contributed by atoms with Crippen molar-refractivity contribution in [3.05, 3.63) is 64.7 Å². The van der Waals surface area contributed by atoms with Crippen molar-refractivity contribution in [2.75, 3.05) is 13.1 Å². The minimum absolute atomic E-state index is 0.100. The summed E-state index contributed by atoms with van der Waals surface area (Å²) in [5.41, 5.74) is 4.67. The number of rotatable bonds is 8. The third kappa shape index (κ3) is 6.06. The number of amides is 2.